The zero-order valence-corrected chi connectivity index (χ0v) is 15.3. The van der Waals surface area contributed by atoms with E-state index in [-0.39, 0.29) is 18.4 Å². The van der Waals surface area contributed by atoms with Crippen molar-refractivity contribution in [3.8, 4) is 0 Å². The lowest BCUT2D eigenvalue weighted by molar-refractivity contribution is -0.133. The number of nitrogens with one attached hydrogen (secondary N) is 1. The maximum Gasteiger partial charge on any atom is 0.239 e. The van der Waals surface area contributed by atoms with E-state index in [0.717, 1.165) is 64.2 Å². The second-order valence-electron chi connectivity index (χ2n) is 6.64. The van der Waals surface area contributed by atoms with E-state index >= 15 is 0 Å². The summed E-state index contributed by atoms with van der Waals surface area (Å²) >= 11 is 0. The lowest BCUT2D eigenvalue weighted by Crippen LogP contribution is -2.47. The molecule has 0 aliphatic carbocycles. The van der Waals surface area contributed by atoms with E-state index in [1.165, 1.54) is 0 Å². The fourth-order valence-corrected chi connectivity index (χ4v) is 3.69. The molecule has 1 amide bonds. The topological polar surface area (TPSA) is 48.5 Å². The molecule has 5 nitrogen and oxygen atoms in total. The molecule has 0 saturated carbocycles. The Balaban J connectivity index is 0.00000208. The van der Waals surface area contributed by atoms with Crippen molar-refractivity contribution in [3.63, 3.8) is 0 Å². The van der Waals surface area contributed by atoms with Crippen LogP contribution >= 0.6 is 12.4 Å². The lowest BCUT2D eigenvalue weighted by atomic mass is 9.95. The SMILES string of the molecule is CCN(CC1CCN(c2ccccn2)CC1)C(=O)C1CCCN1.Cl. The quantitative estimate of drug-likeness (QED) is 0.883. The van der Waals surface area contributed by atoms with Crippen molar-refractivity contribution in [1.29, 1.82) is 0 Å². The van der Waals surface area contributed by atoms with E-state index in [1.54, 1.807) is 0 Å². The minimum Gasteiger partial charge on any atom is -0.357 e. The molecule has 0 bridgehead atoms. The van der Waals surface area contributed by atoms with Crippen LogP contribution < -0.4 is 10.2 Å². The number of anilines is 1. The Morgan fingerprint density at radius 1 is 1.33 bits per heavy atom. The first-order valence-electron chi connectivity index (χ1n) is 8.96. The van der Waals surface area contributed by atoms with Crippen LogP contribution in [0.3, 0.4) is 0 Å². The lowest BCUT2D eigenvalue weighted by Gasteiger charge is -2.35. The average molecular weight is 353 g/mol. The molecule has 1 unspecified atom stereocenters. The molecule has 0 aromatic carbocycles. The Hall–Kier alpha value is -1.33. The highest BCUT2D eigenvalue weighted by Gasteiger charge is 2.29. The van der Waals surface area contributed by atoms with Gasteiger partial charge in [-0.1, -0.05) is 6.07 Å². The highest BCUT2D eigenvalue weighted by atomic mass is 35.5. The second kappa shape index (κ2) is 9.23. The average Bonchev–Trinajstić information content (AvgIpc) is 3.15. The first kappa shape index (κ1) is 19.0. The van der Waals surface area contributed by atoms with Crippen LogP contribution in [-0.4, -0.2) is 54.6 Å². The van der Waals surface area contributed by atoms with Gasteiger partial charge >= 0.3 is 0 Å². The summed E-state index contributed by atoms with van der Waals surface area (Å²) in [6.45, 7) is 6.87. The van der Waals surface area contributed by atoms with Gasteiger partial charge in [0.05, 0.1) is 6.04 Å². The molecule has 3 rings (SSSR count). The smallest absolute Gasteiger partial charge is 0.239 e. The Morgan fingerprint density at radius 2 is 2.12 bits per heavy atom. The molecule has 1 atom stereocenters. The minimum atomic E-state index is 0. The molecule has 0 radical (unpaired) electrons. The summed E-state index contributed by atoms with van der Waals surface area (Å²) < 4.78 is 0. The monoisotopic (exact) mass is 352 g/mol. The molecular weight excluding hydrogens is 324 g/mol. The third-order valence-corrected chi connectivity index (χ3v) is 5.12. The number of nitrogens with zero attached hydrogens (tertiary/aromatic N) is 3. The number of carbonyl (C=O) groups excluding carboxylic acids is 1. The number of hydrogen-bond acceptors (Lipinski definition) is 4. The van der Waals surface area contributed by atoms with Crippen LogP contribution in [0.2, 0.25) is 0 Å². The Bertz CT molecular complexity index is 499. The van der Waals surface area contributed by atoms with Gasteiger partial charge in [0.15, 0.2) is 0 Å². The van der Waals surface area contributed by atoms with Crippen LogP contribution in [-0.2, 0) is 4.79 Å². The number of carbonyl (C=O) groups is 1. The Morgan fingerprint density at radius 3 is 2.71 bits per heavy atom. The van der Waals surface area contributed by atoms with Gasteiger partial charge in [-0.05, 0) is 57.2 Å². The zero-order valence-electron chi connectivity index (χ0n) is 14.5. The summed E-state index contributed by atoms with van der Waals surface area (Å²) in [5, 5.41) is 3.33. The first-order valence-corrected chi connectivity index (χ1v) is 8.96. The number of rotatable bonds is 5. The summed E-state index contributed by atoms with van der Waals surface area (Å²) in [4.78, 5) is 21.4. The summed E-state index contributed by atoms with van der Waals surface area (Å²) in [6, 6.07) is 6.13. The highest BCUT2D eigenvalue weighted by Crippen LogP contribution is 2.23. The van der Waals surface area contributed by atoms with Gasteiger partial charge in [0, 0.05) is 32.4 Å². The van der Waals surface area contributed by atoms with E-state index in [9.17, 15) is 4.79 Å². The molecule has 0 spiro atoms. The fourth-order valence-electron chi connectivity index (χ4n) is 3.69. The van der Waals surface area contributed by atoms with Gasteiger partial charge in [-0.25, -0.2) is 4.98 Å². The maximum absolute atomic E-state index is 12.6. The predicted molar refractivity (Wildman–Crippen MR) is 99.7 cm³/mol. The van der Waals surface area contributed by atoms with Crippen molar-refractivity contribution in [2.45, 2.75) is 38.6 Å². The Kier molecular flexibility index (Phi) is 7.31. The predicted octanol–water partition coefficient (Wildman–Crippen LogP) is 2.32. The maximum atomic E-state index is 12.6. The first-order chi connectivity index (χ1) is 11.3. The van der Waals surface area contributed by atoms with Crippen molar-refractivity contribution in [2.24, 2.45) is 5.92 Å². The molecule has 1 aromatic heterocycles. The molecular formula is C18H29ClN4O. The molecule has 1 aromatic rings. The molecule has 2 fully saturated rings. The molecule has 2 saturated heterocycles. The van der Waals surface area contributed by atoms with Gasteiger partial charge in [-0.15, -0.1) is 12.4 Å². The summed E-state index contributed by atoms with van der Waals surface area (Å²) in [6.07, 6.45) is 6.24. The van der Waals surface area contributed by atoms with Gasteiger partial charge in [0.2, 0.25) is 5.91 Å². The molecule has 3 heterocycles. The number of hydrogen-bond donors (Lipinski definition) is 1. The van der Waals surface area contributed by atoms with Gasteiger partial charge in [-0.3, -0.25) is 4.79 Å². The van der Waals surface area contributed by atoms with Gasteiger partial charge in [0.1, 0.15) is 5.82 Å². The summed E-state index contributed by atoms with van der Waals surface area (Å²) in [7, 11) is 0. The van der Waals surface area contributed by atoms with E-state index in [1.807, 2.05) is 18.3 Å². The molecule has 1 N–H and O–H groups in total. The molecule has 6 heteroatoms. The van der Waals surface area contributed by atoms with Gasteiger partial charge in [0.25, 0.3) is 0 Å². The molecule has 24 heavy (non-hydrogen) atoms. The zero-order chi connectivity index (χ0) is 16.1. The van der Waals surface area contributed by atoms with E-state index < -0.39 is 0 Å². The second-order valence-corrected chi connectivity index (χ2v) is 6.64. The molecule has 2 aliphatic rings. The van der Waals surface area contributed by atoms with E-state index in [4.69, 9.17) is 0 Å². The number of piperidine rings is 1. The van der Waals surface area contributed by atoms with Crippen molar-refractivity contribution in [3.05, 3.63) is 24.4 Å². The fraction of sp³-hybridized carbons (Fsp3) is 0.667. The van der Waals surface area contributed by atoms with Crippen molar-refractivity contribution in [1.82, 2.24) is 15.2 Å². The number of likely N-dealkylation sites (N-methyl/N-ethyl adjacent to an activating group) is 1. The highest BCUT2D eigenvalue weighted by molar-refractivity contribution is 5.85. The van der Waals surface area contributed by atoms with Crippen LogP contribution in [0, 0.1) is 5.92 Å². The van der Waals surface area contributed by atoms with Crippen molar-refractivity contribution >= 4 is 24.1 Å². The van der Waals surface area contributed by atoms with Crippen LogP contribution in [0.15, 0.2) is 24.4 Å². The minimum absolute atomic E-state index is 0. The molecule has 2 aliphatic heterocycles. The third kappa shape index (κ3) is 4.61. The van der Waals surface area contributed by atoms with Gasteiger partial charge in [-0.2, -0.15) is 0 Å². The normalized spacial score (nSPS) is 21.4. The van der Waals surface area contributed by atoms with E-state index in [0.29, 0.717) is 11.8 Å². The Labute approximate surface area is 151 Å². The number of amides is 1. The third-order valence-electron chi connectivity index (χ3n) is 5.12. The summed E-state index contributed by atoms with van der Waals surface area (Å²) in [5.74, 6) is 1.99. The number of pyridine rings is 1. The molecule has 134 valence electrons. The van der Waals surface area contributed by atoms with Crippen LogP contribution in [0.1, 0.15) is 32.6 Å². The van der Waals surface area contributed by atoms with Crippen molar-refractivity contribution in [2.75, 3.05) is 37.6 Å². The largest absolute Gasteiger partial charge is 0.357 e. The standard InChI is InChI=1S/C18H28N4O.ClH/c1-2-21(18(23)16-6-5-11-19-16)14-15-8-12-22(13-9-15)17-7-3-4-10-20-17;/h3-4,7,10,15-16,19H,2,5-6,8-9,11-14H2,1H3;1H. The summed E-state index contributed by atoms with van der Waals surface area (Å²) in [5.41, 5.74) is 0. The van der Waals surface area contributed by atoms with Crippen molar-refractivity contribution < 1.29 is 4.79 Å². The van der Waals surface area contributed by atoms with Crippen LogP contribution in [0.5, 0.6) is 0 Å². The van der Waals surface area contributed by atoms with Crippen LogP contribution in [0.4, 0.5) is 5.82 Å². The van der Waals surface area contributed by atoms with Crippen LogP contribution in [0.25, 0.3) is 0 Å². The van der Waals surface area contributed by atoms with E-state index in [2.05, 4.69) is 33.1 Å². The van der Waals surface area contributed by atoms with Gasteiger partial charge < -0.3 is 15.1 Å². The number of halogens is 1. The number of aromatic nitrogens is 1.